The molecule has 1 aromatic heterocycles. The summed E-state index contributed by atoms with van der Waals surface area (Å²) in [5.41, 5.74) is 6.23. The average Bonchev–Trinajstić information content (AvgIpc) is 2.38. The summed E-state index contributed by atoms with van der Waals surface area (Å²) < 4.78 is 5.59. The molecule has 0 spiro atoms. The number of nitrogens with zero attached hydrogens (tertiary/aromatic N) is 3. The lowest BCUT2D eigenvalue weighted by atomic mass is 9.99. The number of rotatable bonds is 5. The lowest BCUT2D eigenvalue weighted by molar-refractivity contribution is -0.119. The second-order valence-electron chi connectivity index (χ2n) is 5.06. The van der Waals surface area contributed by atoms with Crippen LogP contribution in [-0.4, -0.2) is 47.0 Å². The number of nitrogens with two attached hydrogens (primary N) is 1. The van der Waals surface area contributed by atoms with Gasteiger partial charge < -0.3 is 10.5 Å². The minimum atomic E-state index is -0.275. The highest BCUT2D eigenvalue weighted by molar-refractivity contribution is 5.75. The highest BCUT2D eigenvalue weighted by atomic mass is 16.5. The minimum Gasteiger partial charge on any atom is -0.463 e. The van der Waals surface area contributed by atoms with Gasteiger partial charge in [0.1, 0.15) is 0 Å². The number of aromatic nitrogens is 2. The molecule has 1 aliphatic rings. The van der Waals surface area contributed by atoms with Crippen molar-refractivity contribution in [1.29, 1.82) is 0 Å². The second-order valence-corrected chi connectivity index (χ2v) is 5.06. The molecular weight excluding hydrogens is 244 g/mol. The van der Waals surface area contributed by atoms with Crippen LogP contribution in [-0.2, 0) is 4.79 Å². The summed E-state index contributed by atoms with van der Waals surface area (Å²) in [5, 5.41) is 0. The van der Waals surface area contributed by atoms with Crippen LogP contribution in [0.5, 0.6) is 6.01 Å². The van der Waals surface area contributed by atoms with Crippen LogP contribution < -0.4 is 10.5 Å². The number of aryl methyl sites for hydroxylation is 1. The van der Waals surface area contributed by atoms with E-state index in [-0.39, 0.29) is 5.91 Å². The van der Waals surface area contributed by atoms with E-state index in [2.05, 4.69) is 14.9 Å². The Balaban J connectivity index is 1.79. The summed E-state index contributed by atoms with van der Waals surface area (Å²) in [4.78, 5) is 21.2. The molecule has 0 aromatic carbocycles. The molecule has 1 aromatic rings. The summed E-state index contributed by atoms with van der Waals surface area (Å²) in [6.07, 6.45) is 5.64. The Morgan fingerprint density at radius 1 is 1.53 bits per heavy atom. The minimum absolute atomic E-state index is 0.275. The zero-order valence-corrected chi connectivity index (χ0v) is 11.2. The van der Waals surface area contributed by atoms with Crippen LogP contribution >= 0.6 is 0 Å². The maximum atomic E-state index is 10.9. The fourth-order valence-corrected chi connectivity index (χ4v) is 2.30. The normalized spacial score (nSPS) is 20.2. The fraction of sp³-hybridized carbons (Fsp3) is 0.615. The van der Waals surface area contributed by atoms with Crippen LogP contribution in [0.2, 0.25) is 0 Å². The van der Waals surface area contributed by atoms with Crippen LogP contribution in [0.4, 0.5) is 0 Å². The SMILES string of the molecule is Cc1cnc(OCC2CCCN(CC(N)=O)C2)nc1. The molecule has 1 fully saturated rings. The number of hydrogen-bond acceptors (Lipinski definition) is 5. The molecule has 0 bridgehead atoms. The predicted molar refractivity (Wildman–Crippen MR) is 70.6 cm³/mol. The van der Waals surface area contributed by atoms with Gasteiger partial charge >= 0.3 is 6.01 Å². The van der Waals surface area contributed by atoms with Crippen LogP contribution in [0.15, 0.2) is 12.4 Å². The number of primary amides is 1. The first kappa shape index (κ1) is 13.7. The number of amides is 1. The smallest absolute Gasteiger partial charge is 0.316 e. The molecule has 2 rings (SSSR count). The molecule has 0 aliphatic carbocycles. The van der Waals surface area contributed by atoms with Crippen LogP contribution in [0.25, 0.3) is 0 Å². The lowest BCUT2D eigenvalue weighted by Crippen LogP contribution is -2.42. The van der Waals surface area contributed by atoms with Crippen molar-refractivity contribution in [3.05, 3.63) is 18.0 Å². The van der Waals surface area contributed by atoms with Crippen LogP contribution in [0.1, 0.15) is 18.4 Å². The van der Waals surface area contributed by atoms with Crippen LogP contribution in [0, 0.1) is 12.8 Å². The highest BCUT2D eigenvalue weighted by Crippen LogP contribution is 2.17. The van der Waals surface area contributed by atoms with Gasteiger partial charge in [0.15, 0.2) is 0 Å². The fourth-order valence-electron chi connectivity index (χ4n) is 2.30. The number of ether oxygens (including phenoxy) is 1. The monoisotopic (exact) mass is 264 g/mol. The molecule has 1 unspecified atom stereocenters. The molecule has 19 heavy (non-hydrogen) atoms. The summed E-state index contributed by atoms with van der Waals surface area (Å²) in [6.45, 7) is 4.62. The van der Waals surface area contributed by atoms with Gasteiger partial charge in [0, 0.05) is 24.9 Å². The quantitative estimate of drug-likeness (QED) is 0.830. The predicted octanol–water partition coefficient (Wildman–Crippen LogP) is 0.361. The van der Waals surface area contributed by atoms with Crippen molar-refractivity contribution in [2.75, 3.05) is 26.2 Å². The average molecular weight is 264 g/mol. The summed E-state index contributed by atoms with van der Waals surface area (Å²) >= 11 is 0. The Morgan fingerprint density at radius 2 is 2.26 bits per heavy atom. The van der Waals surface area contributed by atoms with Crippen molar-refractivity contribution in [3.8, 4) is 6.01 Å². The van der Waals surface area contributed by atoms with E-state index in [0.717, 1.165) is 31.5 Å². The van der Waals surface area contributed by atoms with E-state index in [1.54, 1.807) is 12.4 Å². The van der Waals surface area contributed by atoms with Crippen molar-refractivity contribution in [2.45, 2.75) is 19.8 Å². The molecule has 104 valence electrons. The Labute approximate surface area is 113 Å². The summed E-state index contributed by atoms with van der Waals surface area (Å²) in [7, 11) is 0. The molecule has 2 heterocycles. The molecular formula is C13H20N4O2. The summed E-state index contributed by atoms with van der Waals surface area (Å²) in [5.74, 6) is 0.126. The maximum absolute atomic E-state index is 10.9. The zero-order valence-electron chi connectivity index (χ0n) is 11.2. The van der Waals surface area contributed by atoms with E-state index in [0.29, 0.717) is 25.1 Å². The Bertz CT molecular complexity index is 421. The lowest BCUT2D eigenvalue weighted by Gasteiger charge is -2.31. The van der Waals surface area contributed by atoms with E-state index in [4.69, 9.17) is 10.5 Å². The molecule has 1 atom stereocenters. The third-order valence-electron chi connectivity index (χ3n) is 3.19. The molecule has 1 aliphatic heterocycles. The van der Waals surface area contributed by atoms with Gasteiger partial charge in [-0.3, -0.25) is 9.69 Å². The molecule has 6 nitrogen and oxygen atoms in total. The van der Waals surface area contributed by atoms with Gasteiger partial charge in [0.05, 0.1) is 13.2 Å². The first-order valence-corrected chi connectivity index (χ1v) is 6.55. The third-order valence-corrected chi connectivity index (χ3v) is 3.19. The number of carbonyl (C=O) groups is 1. The van der Waals surface area contributed by atoms with Crippen LogP contribution in [0.3, 0.4) is 0 Å². The number of piperidine rings is 1. The molecule has 0 radical (unpaired) electrons. The Hall–Kier alpha value is -1.69. The largest absolute Gasteiger partial charge is 0.463 e. The Morgan fingerprint density at radius 3 is 2.95 bits per heavy atom. The summed E-state index contributed by atoms with van der Waals surface area (Å²) in [6, 6.07) is 0.414. The topological polar surface area (TPSA) is 81.3 Å². The van der Waals surface area contributed by atoms with Gasteiger partial charge in [-0.25, -0.2) is 9.97 Å². The Kier molecular flexibility index (Phi) is 4.68. The second kappa shape index (κ2) is 6.47. The maximum Gasteiger partial charge on any atom is 0.316 e. The highest BCUT2D eigenvalue weighted by Gasteiger charge is 2.21. The van der Waals surface area contributed by atoms with Gasteiger partial charge in [0.25, 0.3) is 0 Å². The van der Waals surface area contributed by atoms with Crippen molar-refractivity contribution < 1.29 is 9.53 Å². The molecule has 2 N–H and O–H groups in total. The molecule has 0 saturated carbocycles. The number of carbonyl (C=O) groups excluding carboxylic acids is 1. The van der Waals surface area contributed by atoms with Crippen molar-refractivity contribution in [2.24, 2.45) is 11.7 Å². The van der Waals surface area contributed by atoms with Crippen molar-refractivity contribution in [3.63, 3.8) is 0 Å². The van der Waals surface area contributed by atoms with Crippen molar-refractivity contribution in [1.82, 2.24) is 14.9 Å². The van der Waals surface area contributed by atoms with E-state index >= 15 is 0 Å². The van der Waals surface area contributed by atoms with Gasteiger partial charge in [-0.1, -0.05) is 0 Å². The van der Waals surface area contributed by atoms with Gasteiger partial charge in [0.2, 0.25) is 5.91 Å². The van der Waals surface area contributed by atoms with E-state index < -0.39 is 0 Å². The van der Waals surface area contributed by atoms with E-state index in [1.807, 2.05) is 6.92 Å². The van der Waals surface area contributed by atoms with Gasteiger partial charge in [-0.05, 0) is 31.9 Å². The van der Waals surface area contributed by atoms with E-state index in [1.165, 1.54) is 0 Å². The van der Waals surface area contributed by atoms with E-state index in [9.17, 15) is 4.79 Å². The van der Waals surface area contributed by atoms with Gasteiger partial charge in [-0.15, -0.1) is 0 Å². The first-order valence-electron chi connectivity index (χ1n) is 6.55. The number of hydrogen-bond donors (Lipinski definition) is 1. The zero-order chi connectivity index (χ0) is 13.7. The standard InChI is InChI=1S/C13H20N4O2/c1-10-5-15-13(16-6-10)19-9-11-3-2-4-17(7-11)8-12(14)18/h5-6,11H,2-4,7-9H2,1H3,(H2,14,18). The number of likely N-dealkylation sites (tertiary alicyclic amines) is 1. The first-order chi connectivity index (χ1) is 9.13. The molecule has 1 amide bonds. The molecule has 1 saturated heterocycles. The van der Waals surface area contributed by atoms with Gasteiger partial charge in [-0.2, -0.15) is 0 Å². The van der Waals surface area contributed by atoms with Crippen molar-refractivity contribution >= 4 is 5.91 Å². The molecule has 6 heteroatoms. The third kappa shape index (κ3) is 4.48.